The summed E-state index contributed by atoms with van der Waals surface area (Å²) in [6.45, 7) is 7.58. The van der Waals surface area contributed by atoms with Crippen LogP contribution in [-0.4, -0.2) is 70.8 Å². The molecule has 1 atom stereocenters. The van der Waals surface area contributed by atoms with Gasteiger partial charge in [0, 0.05) is 44.3 Å². The Morgan fingerprint density at radius 3 is 2.56 bits per heavy atom. The lowest BCUT2D eigenvalue weighted by atomic mass is 9.99. The van der Waals surface area contributed by atoms with E-state index in [4.69, 9.17) is 9.84 Å². The average molecular weight is 462 g/mol. The molecular weight excluding hydrogens is 430 g/mol. The number of aliphatic hydroxyl groups is 2. The van der Waals surface area contributed by atoms with Gasteiger partial charge in [-0.1, -0.05) is 18.7 Å². The first-order valence-corrected chi connectivity index (χ1v) is 11.9. The first-order valence-electron chi connectivity index (χ1n) is 11.9. The van der Waals surface area contributed by atoms with Crippen LogP contribution in [0.3, 0.4) is 0 Å². The van der Waals surface area contributed by atoms with Crippen molar-refractivity contribution in [3.8, 4) is 11.5 Å². The molecule has 1 unspecified atom stereocenters. The number of amides is 1. The highest BCUT2D eigenvalue weighted by atomic mass is 16.5. The second kappa shape index (κ2) is 9.52. The minimum atomic E-state index is -0.442. The Balaban J connectivity index is 1.38. The molecule has 2 aromatic rings. The van der Waals surface area contributed by atoms with E-state index in [2.05, 4.69) is 22.4 Å². The molecule has 0 spiro atoms. The zero-order valence-electron chi connectivity index (χ0n) is 19.3. The van der Waals surface area contributed by atoms with Crippen molar-refractivity contribution in [2.45, 2.75) is 31.4 Å². The number of nitrogens with zero attached hydrogens (tertiary/aromatic N) is 3. The van der Waals surface area contributed by atoms with Crippen LogP contribution in [0.15, 0.2) is 67.0 Å². The van der Waals surface area contributed by atoms with E-state index in [-0.39, 0.29) is 5.91 Å². The van der Waals surface area contributed by atoms with Crippen molar-refractivity contribution in [3.05, 3.63) is 72.5 Å². The van der Waals surface area contributed by atoms with Crippen LogP contribution >= 0.6 is 0 Å². The van der Waals surface area contributed by atoms with E-state index in [1.807, 2.05) is 36.4 Å². The summed E-state index contributed by atoms with van der Waals surface area (Å²) < 4.78 is 6.26. The molecule has 1 amide bonds. The third-order valence-corrected chi connectivity index (χ3v) is 6.92. The SMILES string of the molecule is C=C(/C=C\O)CN1CCC(N2c3ccccc3Oc3cc(C(=O)N4CCC(O)C4)ccc32)CC1. The molecule has 0 aromatic heterocycles. The molecule has 2 N–H and O–H groups in total. The van der Waals surface area contributed by atoms with Gasteiger partial charge in [0.15, 0.2) is 11.5 Å². The van der Waals surface area contributed by atoms with Gasteiger partial charge in [0.2, 0.25) is 0 Å². The van der Waals surface area contributed by atoms with Gasteiger partial charge in [-0.25, -0.2) is 0 Å². The van der Waals surface area contributed by atoms with Crippen molar-refractivity contribution >= 4 is 17.3 Å². The summed E-state index contributed by atoms with van der Waals surface area (Å²) >= 11 is 0. The van der Waals surface area contributed by atoms with Crippen molar-refractivity contribution in [1.82, 2.24) is 9.80 Å². The van der Waals surface area contributed by atoms with Crippen molar-refractivity contribution in [1.29, 1.82) is 0 Å². The monoisotopic (exact) mass is 461 g/mol. The number of β-amino-alcohol motifs (C(OH)–C–C–N with tert-alkyl or cyclic N) is 1. The largest absolute Gasteiger partial charge is 0.516 e. The Morgan fingerprint density at radius 1 is 1.06 bits per heavy atom. The first-order chi connectivity index (χ1) is 16.5. The Kier molecular flexibility index (Phi) is 6.30. The molecule has 178 valence electrons. The van der Waals surface area contributed by atoms with E-state index in [1.54, 1.807) is 11.0 Å². The van der Waals surface area contributed by atoms with E-state index in [0.717, 1.165) is 61.4 Å². The number of piperidine rings is 1. The summed E-state index contributed by atoms with van der Waals surface area (Å²) in [5, 5.41) is 18.8. The fraction of sp³-hybridized carbons (Fsp3) is 0.370. The number of anilines is 2. The standard InChI is InChI=1S/C27H31N3O4/c1-19(11-15-31)17-28-12-8-21(9-13-28)30-23-4-2-3-5-25(23)34-26-16-20(6-7-24(26)30)27(33)29-14-10-22(32)18-29/h2-7,11,15-16,21-22,31-32H,1,8-10,12-14,17-18H2/b15-11-. The van der Waals surface area contributed by atoms with Crippen molar-refractivity contribution in [3.63, 3.8) is 0 Å². The Bertz CT molecular complexity index is 1110. The summed E-state index contributed by atoms with van der Waals surface area (Å²) in [4.78, 5) is 19.4. The number of ether oxygens (including phenoxy) is 1. The predicted molar refractivity (Wildman–Crippen MR) is 132 cm³/mol. The quantitative estimate of drug-likeness (QED) is 0.513. The van der Waals surface area contributed by atoms with Crippen molar-refractivity contribution in [2.75, 3.05) is 37.6 Å². The molecule has 3 heterocycles. The number of fused-ring (bicyclic) bond motifs is 2. The number of carbonyl (C=O) groups excluding carboxylic acids is 1. The molecule has 7 heteroatoms. The predicted octanol–water partition coefficient (Wildman–Crippen LogP) is 4.23. The molecule has 3 aliphatic rings. The molecule has 0 bridgehead atoms. The molecule has 7 nitrogen and oxygen atoms in total. The molecule has 2 saturated heterocycles. The summed E-state index contributed by atoms with van der Waals surface area (Å²) in [6.07, 6.45) is 4.83. The molecule has 2 fully saturated rings. The van der Waals surface area contributed by atoms with E-state index in [9.17, 15) is 9.90 Å². The van der Waals surface area contributed by atoms with Gasteiger partial charge in [-0.2, -0.15) is 0 Å². The van der Waals surface area contributed by atoms with Crippen LogP contribution < -0.4 is 9.64 Å². The number of rotatable bonds is 5. The highest BCUT2D eigenvalue weighted by molar-refractivity contribution is 5.96. The number of hydrogen-bond donors (Lipinski definition) is 2. The fourth-order valence-corrected chi connectivity index (χ4v) is 5.20. The van der Waals surface area contributed by atoms with Crippen molar-refractivity contribution in [2.24, 2.45) is 0 Å². The molecule has 2 aromatic carbocycles. The topological polar surface area (TPSA) is 76.5 Å². The summed E-state index contributed by atoms with van der Waals surface area (Å²) in [6, 6.07) is 14.0. The summed E-state index contributed by atoms with van der Waals surface area (Å²) in [5.41, 5.74) is 3.49. The van der Waals surface area contributed by atoms with Crippen LogP contribution in [0, 0.1) is 0 Å². The molecule has 3 aliphatic heterocycles. The Hall–Kier alpha value is -3.29. The van der Waals surface area contributed by atoms with Crippen molar-refractivity contribution < 1.29 is 19.7 Å². The van der Waals surface area contributed by atoms with Crippen LogP contribution in [0.1, 0.15) is 29.6 Å². The minimum Gasteiger partial charge on any atom is -0.516 e. The Morgan fingerprint density at radius 2 is 1.82 bits per heavy atom. The smallest absolute Gasteiger partial charge is 0.254 e. The molecule has 0 saturated carbocycles. The van der Waals surface area contributed by atoms with Crippen LogP contribution in [-0.2, 0) is 0 Å². The second-order valence-corrected chi connectivity index (χ2v) is 9.30. The maximum atomic E-state index is 13.0. The van der Waals surface area contributed by atoms with Gasteiger partial charge in [0.1, 0.15) is 0 Å². The van der Waals surface area contributed by atoms with E-state index in [0.29, 0.717) is 36.9 Å². The van der Waals surface area contributed by atoms with E-state index >= 15 is 0 Å². The average Bonchev–Trinajstić information content (AvgIpc) is 3.28. The van der Waals surface area contributed by atoms with Crippen LogP contribution in [0.2, 0.25) is 0 Å². The van der Waals surface area contributed by atoms with Crippen LogP contribution in [0.25, 0.3) is 0 Å². The molecule has 34 heavy (non-hydrogen) atoms. The number of likely N-dealkylation sites (tertiary alicyclic amines) is 2. The highest BCUT2D eigenvalue weighted by Crippen LogP contribution is 2.49. The van der Waals surface area contributed by atoms with Gasteiger partial charge in [0.05, 0.1) is 23.7 Å². The van der Waals surface area contributed by atoms with Crippen LogP contribution in [0.5, 0.6) is 11.5 Å². The van der Waals surface area contributed by atoms with Gasteiger partial charge >= 0.3 is 0 Å². The fourth-order valence-electron chi connectivity index (χ4n) is 5.20. The lowest BCUT2D eigenvalue weighted by Gasteiger charge is -2.42. The maximum absolute atomic E-state index is 13.0. The lowest BCUT2D eigenvalue weighted by molar-refractivity contribution is 0.0764. The van der Waals surface area contributed by atoms with Crippen LogP contribution in [0.4, 0.5) is 11.4 Å². The van der Waals surface area contributed by atoms with Gasteiger partial charge in [-0.15, -0.1) is 0 Å². The van der Waals surface area contributed by atoms with Gasteiger partial charge in [-0.05, 0) is 61.2 Å². The Labute approximate surface area is 200 Å². The number of para-hydroxylation sites is 2. The number of hydrogen-bond acceptors (Lipinski definition) is 6. The van der Waals surface area contributed by atoms with E-state index in [1.165, 1.54) is 0 Å². The van der Waals surface area contributed by atoms with Gasteiger partial charge in [0.25, 0.3) is 5.91 Å². The molecular formula is C27H31N3O4. The normalized spacial score (nSPS) is 20.8. The first kappa shape index (κ1) is 22.5. The van der Waals surface area contributed by atoms with Gasteiger partial charge < -0.3 is 24.7 Å². The summed E-state index contributed by atoms with van der Waals surface area (Å²) in [5.74, 6) is 1.41. The number of aliphatic hydroxyl groups excluding tert-OH is 2. The van der Waals surface area contributed by atoms with Gasteiger partial charge in [-0.3, -0.25) is 9.69 Å². The zero-order chi connectivity index (χ0) is 23.7. The second-order valence-electron chi connectivity index (χ2n) is 9.30. The molecule has 0 radical (unpaired) electrons. The highest BCUT2D eigenvalue weighted by Gasteiger charge is 2.33. The van der Waals surface area contributed by atoms with E-state index < -0.39 is 6.10 Å². The maximum Gasteiger partial charge on any atom is 0.254 e. The molecule has 5 rings (SSSR count). The lowest BCUT2D eigenvalue weighted by Crippen LogP contribution is -2.44. The third-order valence-electron chi connectivity index (χ3n) is 6.92. The summed E-state index contributed by atoms with van der Waals surface area (Å²) in [7, 11) is 0. The third kappa shape index (κ3) is 4.41. The number of carbonyl (C=O) groups is 1. The molecule has 0 aliphatic carbocycles. The minimum absolute atomic E-state index is 0.0705. The zero-order valence-corrected chi connectivity index (χ0v) is 19.3. The number of benzene rings is 2.